The predicted octanol–water partition coefficient (Wildman–Crippen LogP) is 4.63. The second-order valence-corrected chi connectivity index (χ2v) is 8.56. The lowest BCUT2D eigenvalue weighted by Crippen LogP contribution is -2.63. The van der Waals surface area contributed by atoms with E-state index in [1.165, 1.54) is 6.07 Å². The van der Waals surface area contributed by atoms with Gasteiger partial charge < -0.3 is 5.32 Å². The molecule has 1 saturated carbocycles. The number of aryl methyl sites for hydroxylation is 1. The third-order valence-electron chi connectivity index (χ3n) is 6.44. The summed E-state index contributed by atoms with van der Waals surface area (Å²) in [6.07, 6.45) is 2.09. The van der Waals surface area contributed by atoms with Crippen LogP contribution in [0.3, 0.4) is 0 Å². The summed E-state index contributed by atoms with van der Waals surface area (Å²) in [7, 11) is 0. The van der Waals surface area contributed by atoms with Gasteiger partial charge in [-0.25, -0.2) is 4.98 Å². The number of para-hydroxylation sites is 1. The number of alkyl halides is 3. The number of fused-ring (bicyclic) bond motifs is 3. The topological polar surface area (TPSA) is 76.0 Å². The SMILES string of the molecule is CCCCc1cccc2c1nc1n2C(NC(=O)CCC2CCCC2)(C(F)(F)F)C(=O)N1. The van der Waals surface area contributed by atoms with Crippen molar-refractivity contribution in [2.24, 2.45) is 5.92 Å². The number of carbonyl (C=O) groups is 2. The maximum absolute atomic E-state index is 14.4. The Bertz CT molecular complexity index is 995. The van der Waals surface area contributed by atoms with E-state index in [9.17, 15) is 22.8 Å². The first-order chi connectivity index (χ1) is 14.8. The van der Waals surface area contributed by atoms with Crippen LogP contribution in [0, 0.1) is 5.92 Å². The predicted molar refractivity (Wildman–Crippen MR) is 110 cm³/mol. The van der Waals surface area contributed by atoms with Crippen molar-refractivity contribution in [1.82, 2.24) is 14.9 Å². The van der Waals surface area contributed by atoms with Crippen molar-refractivity contribution >= 4 is 28.8 Å². The van der Waals surface area contributed by atoms with E-state index in [1.54, 1.807) is 6.07 Å². The van der Waals surface area contributed by atoms with Crippen molar-refractivity contribution in [2.45, 2.75) is 76.6 Å². The summed E-state index contributed by atoms with van der Waals surface area (Å²) in [5, 5.41) is 4.30. The summed E-state index contributed by atoms with van der Waals surface area (Å²) < 4.78 is 44.1. The van der Waals surface area contributed by atoms with Crippen molar-refractivity contribution in [1.29, 1.82) is 0 Å². The number of nitrogens with zero attached hydrogens (tertiary/aromatic N) is 2. The van der Waals surface area contributed by atoms with Gasteiger partial charge in [-0.15, -0.1) is 0 Å². The Balaban J connectivity index is 1.71. The molecule has 1 fully saturated rings. The number of amides is 2. The van der Waals surface area contributed by atoms with Crippen LogP contribution in [0.4, 0.5) is 19.1 Å². The van der Waals surface area contributed by atoms with Crippen molar-refractivity contribution in [3.63, 3.8) is 0 Å². The Labute approximate surface area is 178 Å². The highest BCUT2D eigenvalue weighted by atomic mass is 19.4. The summed E-state index contributed by atoms with van der Waals surface area (Å²) in [5.74, 6) is -1.96. The number of anilines is 1. The number of aromatic nitrogens is 2. The molecule has 0 saturated heterocycles. The average Bonchev–Trinajstić information content (AvgIpc) is 3.41. The van der Waals surface area contributed by atoms with Gasteiger partial charge in [-0.3, -0.25) is 19.5 Å². The van der Waals surface area contributed by atoms with Gasteiger partial charge in [0.2, 0.25) is 11.9 Å². The normalized spacial score (nSPS) is 21.5. The van der Waals surface area contributed by atoms with Crippen molar-refractivity contribution in [2.75, 3.05) is 5.32 Å². The molecule has 0 bridgehead atoms. The van der Waals surface area contributed by atoms with Crippen LogP contribution in [0.1, 0.15) is 63.9 Å². The number of nitrogens with one attached hydrogen (secondary N) is 2. The highest BCUT2D eigenvalue weighted by Crippen LogP contribution is 2.44. The second kappa shape index (κ2) is 8.16. The van der Waals surface area contributed by atoms with Crippen LogP contribution in [-0.4, -0.2) is 27.5 Å². The van der Waals surface area contributed by atoms with Gasteiger partial charge in [0.25, 0.3) is 11.6 Å². The van der Waals surface area contributed by atoms with Crippen LogP contribution in [-0.2, 0) is 21.7 Å². The largest absolute Gasteiger partial charge is 0.440 e. The zero-order chi connectivity index (χ0) is 22.2. The van der Waals surface area contributed by atoms with Crippen LogP contribution in [0.25, 0.3) is 11.0 Å². The fourth-order valence-electron chi connectivity index (χ4n) is 4.78. The summed E-state index contributed by atoms with van der Waals surface area (Å²) in [6.45, 7) is 2.03. The molecule has 1 unspecified atom stereocenters. The first-order valence-corrected chi connectivity index (χ1v) is 11.0. The molecule has 1 aromatic heterocycles. The standard InChI is InChI=1S/C22H27F3N4O2/c1-2-3-9-15-10-6-11-16-18(15)26-20-27-19(31)21(29(16)20,22(23,24)25)28-17(30)13-12-14-7-4-5-8-14/h6,10-11,14H,2-5,7-9,12-13H2,1H3,(H,28,30)(H,26,27,31). The molecule has 1 aromatic carbocycles. The third kappa shape index (κ3) is 3.68. The lowest BCUT2D eigenvalue weighted by atomic mass is 10.0. The number of unbranched alkanes of at least 4 members (excludes halogenated alkanes) is 1. The molecule has 4 rings (SSSR count). The molecule has 2 heterocycles. The molecule has 2 aromatic rings. The maximum atomic E-state index is 14.4. The van der Waals surface area contributed by atoms with Crippen LogP contribution in [0.2, 0.25) is 0 Å². The minimum atomic E-state index is -5.04. The number of carbonyl (C=O) groups excluding carboxylic acids is 2. The molecule has 6 nitrogen and oxygen atoms in total. The van der Waals surface area contributed by atoms with Crippen molar-refractivity contribution < 1.29 is 22.8 Å². The van der Waals surface area contributed by atoms with Crippen LogP contribution in [0.15, 0.2) is 18.2 Å². The smallest absolute Gasteiger partial charge is 0.317 e. The Morgan fingerprint density at radius 1 is 1.32 bits per heavy atom. The first-order valence-electron chi connectivity index (χ1n) is 11.0. The molecule has 31 heavy (non-hydrogen) atoms. The Morgan fingerprint density at radius 2 is 2.06 bits per heavy atom. The highest BCUT2D eigenvalue weighted by molar-refractivity contribution is 6.05. The first kappa shape index (κ1) is 21.6. The Morgan fingerprint density at radius 3 is 2.74 bits per heavy atom. The molecule has 2 amide bonds. The number of hydrogen-bond donors (Lipinski definition) is 2. The van der Waals surface area contributed by atoms with Gasteiger partial charge in [0, 0.05) is 6.42 Å². The zero-order valence-corrected chi connectivity index (χ0v) is 17.5. The molecular weight excluding hydrogens is 409 g/mol. The summed E-state index contributed by atoms with van der Waals surface area (Å²) in [6, 6.07) is 5.00. The monoisotopic (exact) mass is 436 g/mol. The van der Waals surface area contributed by atoms with Gasteiger partial charge in [-0.2, -0.15) is 13.2 Å². The molecule has 1 aliphatic carbocycles. The summed E-state index contributed by atoms with van der Waals surface area (Å²) in [5.41, 5.74) is -1.79. The second-order valence-electron chi connectivity index (χ2n) is 8.56. The minimum absolute atomic E-state index is 0.0422. The molecule has 0 spiro atoms. The molecule has 2 aliphatic rings. The van der Waals surface area contributed by atoms with Gasteiger partial charge in [-0.1, -0.05) is 51.2 Å². The molecule has 168 valence electrons. The molecule has 9 heteroatoms. The average molecular weight is 436 g/mol. The fourth-order valence-corrected chi connectivity index (χ4v) is 4.78. The van der Waals surface area contributed by atoms with E-state index in [2.05, 4.69) is 15.6 Å². The summed E-state index contributed by atoms with van der Waals surface area (Å²) in [4.78, 5) is 29.6. The van der Waals surface area contributed by atoms with Crippen LogP contribution < -0.4 is 10.6 Å². The van der Waals surface area contributed by atoms with E-state index in [0.717, 1.165) is 48.7 Å². The van der Waals surface area contributed by atoms with Gasteiger partial charge in [-0.05, 0) is 36.8 Å². The maximum Gasteiger partial charge on any atom is 0.440 e. The van der Waals surface area contributed by atoms with Crippen LogP contribution in [0.5, 0.6) is 0 Å². The van der Waals surface area contributed by atoms with Crippen molar-refractivity contribution in [3.8, 4) is 0 Å². The fraction of sp³-hybridized carbons (Fsp3) is 0.591. The van der Waals surface area contributed by atoms with Gasteiger partial charge in [0.1, 0.15) is 0 Å². The van der Waals surface area contributed by atoms with E-state index >= 15 is 0 Å². The van der Waals surface area contributed by atoms with Crippen LogP contribution >= 0.6 is 0 Å². The van der Waals surface area contributed by atoms with Gasteiger partial charge >= 0.3 is 6.18 Å². The number of benzene rings is 1. The third-order valence-corrected chi connectivity index (χ3v) is 6.44. The molecule has 0 radical (unpaired) electrons. The Kier molecular flexibility index (Phi) is 5.70. The van der Waals surface area contributed by atoms with Crippen molar-refractivity contribution in [3.05, 3.63) is 23.8 Å². The van der Waals surface area contributed by atoms with E-state index in [4.69, 9.17) is 0 Å². The molecule has 1 aliphatic heterocycles. The van der Waals surface area contributed by atoms with Gasteiger partial charge in [0.15, 0.2) is 0 Å². The van der Waals surface area contributed by atoms with Gasteiger partial charge in [0.05, 0.1) is 11.0 Å². The molecule has 1 atom stereocenters. The van der Waals surface area contributed by atoms with E-state index < -0.39 is 23.7 Å². The van der Waals surface area contributed by atoms with E-state index in [-0.39, 0.29) is 17.9 Å². The number of hydrogen-bond acceptors (Lipinski definition) is 3. The minimum Gasteiger partial charge on any atom is -0.317 e. The Hall–Kier alpha value is -2.58. The number of rotatable bonds is 7. The zero-order valence-electron chi connectivity index (χ0n) is 17.5. The molecule has 2 N–H and O–H groups in total. The lowest BCUT2D eigenvalue weighted by Gasteiger charge is -2.32. The quantitative estimate of drug-likeness (QED) is 0.664. The molecular formula is C22H27F3N4O2. The highest BCUT2D eigenvalue weighted by Gasteiger charge is 2.67. The number of halogens is 3. The number of imidazole rings is 1. The lowest BCUT2D eigenvalue weighted by molar-refractivity contribution is -0.217. The van der Waals surface area contributed by atoms with E-state index in [0.29, 0.717) is 24.3 Å². The van der Waals surface area contributed by atoms with E-state index in [1.807, 2.05) is 13.0 Å². The summed E-state index contributed by atoms with van der Waals surface area (Å²) >= 11 is 0.